The third kappa shape index (κ3) is 2.70. The first-order valence-corrected chi connectivity index (χ1v) is 6.03. The first-order chi connectivity index (χ1) is 8.70. The molecule has 0 spiro atoms. The molecule has 2 nitrogen and oxygen atoms in total. The molecule has 1 N–H and O–H groups in total. The Morgan fingerprint density at radius 2 is 1.83 bits per heavy atom. The maximum atomic E-state index is 8.84. The number of aryl methyl sites for hydroxylation is 1. The molecule has 0 saturated carbocycles. The average Bonchev–Trinajstić information content (AvgIpc) is 2.42. The van der Waals surface area contributed by atoms with Gasteiger partial charge in [0.05, 0.1) is 11.6 Å². The third-order valence-corrected chi connectivity index (χ3v) is 3.03. The molecule has 0 bridgehead atoms. The summed E-state index contributed by atoms with van der Waals surface area (Å²) in [4.78, 5) is 0. The zero-order valence-electron chi connectivity index (χ0n) is 10.6. The van der Waals surface area contributed by atoms with E-state index < -0.39 is 0 Å². The lowest BCUT2D eigenvalue weighted by molar-refractivity contribution is 0.882. The Morgan fingerprint density at radius 1 is 1.11 bits per heavy atom. The normalized spacial score (nSPS) is 11.6. The Bertz CT molecular complexity index is 567. The molecule has 0 saturated heterocycles. The molecule has 0 aliphatic heterocycles. The average molecular weight is 236 g/mol. The minimum absolute atomic E-state index is 0.248. The summed E-state index contributed by atoms with van der Waals surface area (Å²) in [5, 5.41) is 12.3. The van der Waals surface area contributed by atoms with Gasteiger partial charge in [-0.1, -0.05) is 30.3 Å². The van der Waals surface area contributed by atoms with E-state index in [2.05, 4.69) is 30.4 Å². The van der Waals surface area contributed by atoms with Crippen LogP contribution in [-0.4, -0.2) is 0 Å². The van der Waals surface area contributed by atoms with Crippen molar-refractivity contribution in [2.75, 3.05) is 5.32 Å². The zero-order valence-corrected chi connectivity index (χ0v) is 10.6. The fraction of sp³-hybridized carbons (Fsp3) is 0.188. The predicted octanol–water partition coefficient (Wildman–Crippen LogP) is 4.04. The number of hydrogen-bond acceptors (Lipinski definition) is 2. The van der Waals surface area contributed by atoms with Crippen LogP contribution in [-0.2, 0) is 0 Å². The van der Waals surface area contributed by atoms with Gasteiger partial charge in [0, 0.05) is 11.7 Å². The SMILES string of the molecule is Cc1cc(C#N)ccc1NC(C)c1ccccc1. The molecule has 0 aliphatic rings. The number of nitriles is 1. The molecule has 2 aromatic rings. The minimum atomic E-state index is 0.248. The summed E-state index contributed by atoms with van der Waals surface area (Å²) in [5.41, 5.74) is 4.12. The first kappa shape index (κ1) is 12.2. The van der Waals surface area contributed by atoms with Gasteiger partial charge in [0.2, 0.25) is 0 Å². The zero-order chi connectivity index (χ0) is 13.0. The Labute approximate surface area is 108 Å². The Balaban J connectivity index is 2.18. The van der Waals surface area contributed by atoms with E-state index in [0.29, 0.717) is 5.56 Å². The monoisotopic (exact) mass is 236 g/mol. The van der Waals surface area contributed by atoms with Crippen LogP contribution in [0.2, 0.25) is 0 Å². The van der Waals surface area contributed by atoms with Crippen LogP contribution >= 0.6 is 0 Å². The topological polar surface area (TPSA) is 35.8 Å². The maximum Gasteiger partial charge on any atom is 0.0991 e. The molecule has 2 heteroatoms. The quantitative estimate of drug-likeness (QED) is 0.873. The number of nitrogens with zero attached hydrogens (tertiary/aromatic N) is 1. The summed E-state index contributed by atoms with van der Waals surface area (Å²) in [6.45, 7) is 4.15. The van der Waals surface area contributed by atoms with Gasteiger partial charge in [0.1, 0.15) is 0 Å². The van der Waals surface area contributed by atoms with E-state index in [4.69, 9.17) is 5.26 Å². The molecule has 0 fully saturated rings. The van der Waals surface area contributed by atoms with Crippen molar-refractivity contribution in [1.82, 2.24) is 0 Å². The molecule has 1 atom stereocenters. The van der Waals surface area contributed by atoms with Crippen LogP contribution in [0.25, 0.3) is 0 Å². The minimum Gasteiger partial charge on any atom is -0.378 e. The number of hydrogen-bond donors (Lipinski definition) is 1. The molecule has 18 heavy (non-hydrogen) atoms. The molecular formula is C16H16N2. The molecule has 90 valence electrons. The van der Waals surface area contributed by atoms with Gasteiger partial charge < -0.3 is 5.32 Å². The lowest BCUT2D eigenvalue weighted by Gasteiger charge is -2.17. The van der Waals surface area contributed by atoms with Gasteiger partial charge >= 0.3 is 0 Å². The largest absolute Gasteiger partial charge is 0.378 e. The van der Waals surface area contributed by atoms with E-state index in [1.165, 1.54) is 5.56 Å². The maximum absolute atomic E-state index is 8.84. The highest BCUT2D eigenvalue weighted by molar-refractivity contribution is 5.55. The van der Waals surface area contributed by atoms with Gasteiger partial charge in [-0.25, -0.2) is 0 Å². The number of benzene rings is 2. The van der Waals surface area contributed by atoms with Crippen LogP contribution in [0.3, 0.4) is 0 Å². The second-order valence-corrected chi connectivity index (χ2v) is 4.42. The van der Waals surface area contributed by atoms with E-state index in [9.17, 15) is 0 Å². The fourth-order valence-electron chi connectivity index (χ4n) is 1.95. The number of nitrogens with one attached hydrogen (secondary N) is 1. The molecule has 0 aliphatic carbocycles. The van der Waals surface area contributed by atoms with Crippen molar-refractivity contribution in [3.05, 3.63) is 65.2 Å². The highest BCUT2D eigenvalue weighted by atomic mass is 14.9. The molecule has 1 unspecified atom stereocenters. The smallest absolute Gasteiger partial charge is 0.0991 e. The van der Waals surface area contributed by atoms with E-state index in [-0.39, 0.29) is 6.04 Å². The van der Waals surface area contributed by atoms with Gasteiger partial charge in [-0.15, -0.1) is 0 Å². The van der Waals surface area contributed by atoms with Crippen LogP contribution in [0.1, 0.15) is 29.7 Å². The molecular weight excluding hydrogens is 220 g/mol. The summed E-state index contributed by atoms with van der Waals surface area (Å²) >= 11 is 0. The summed E-state index contributed by atoms with van der Waals surface area (Å²) in [7, 11) is 0. The Hall–Kier alpha value is -2.27. The summed E-state index contributed by atoms with van der Waals surface area (Å²) in [6, 6.07) is 18.4. The van der Waals surface area contributed by atoms with Crippen LogP contribution in [0.4, 0.5) is 5.69 Å². The lowest BCUT2D eigenvalue weighted by Crippen LogP contribution is -2.07. The van der Waals surface area contributed by atoms with E-state index in [0.717, 1.165) is 11.3 Å². The standard InChI is InChI=1S/C16H16N2/c1-12-10-14(11-17)8-9-16(12)18-13(2)15-6-4-3-5-7-15/h3-10,13,18H,1-2H3. The van der Waals surface area contributed by atoms with Gasteiger partial charge in [-0.2, -0.15) is 5.26 Å². The molecule has 0 radical (unpaired) electrons. The van der Waals surface area contributed by atoms with Crippen LogP contribution < -0.4 is 5.32 Å². The van der Waals surface area contributed by atoms with Crippen molar-refractivity contribution in [3.8, 4) is 6.07 Å². The van der Waals surface area contributed by atoms with Crippen LogP contribution in [0.5, 0.6) is 0 Å². The third-order valence-electron chi connectivity index (χ3n) is 3.03. The molecule has 0 aromatic heterocycles. The Kier molecular flexibility index (Phi) is 3.64. The van der Waals surface area contributed by atoms with Crippen molar-refractivity contribution in [2.45, 2.75) is 19.9 Å². The summed E-state index contributed by atoms with van der Waals surface area (Å²) in [5.74, 6) is 0. The van der Waals surface area contributed by atoms with Gasteiger partial charge in [0.15, 0.2) is 0 Å². The fourth-order valence-corrected chi connectivity index (χ4v) is 1.95. The van der Waals surface area contributed by atoms with Crippen molar-refractivity contribution in [1.29, 1.82) is 5.26 Å². The number of anilines is 1. The molecule has 0 heterocycles. The van der Waals surface area contributed by atoms with Gasteiger partial charge in [-0.3, -0.25) is 0 Å². The predicted molar refractivity (Wildman–Crippen MR) is 74.4 cm³/mol. The van der Waals surface area contributed by atoms with Gasteiger partial charge in [-0.05, 0) is 43.2 Å². The molecule has 2 rings (SSSR count). The van der Waals surface area contributed by atoms with Crippen molar-refractivity contribution >= 4 is 5.69 Å². The second kappa shape index (κ2) is 5.37. The van der Waals surface area contributed by atoms with E-state index in [1.807, 2.05) is 43.3 Å². The van der Waals surface area contributed by atoms with Crippen molar-refractivity contribution in [2.24, 2.45) is 0 Å². The van der Waals surface area contributed by atoms with Crippen LogP contribution in [0, 0.1) is 18.3 Å². The highest BCUT2D eigenvalue weighted by Gasteiger charge is 2.06. The second-order valence-electron chi connectivity index (χ2n) is 4.42. The lowest BCUT2D eigenvalue weighted by atomic mass is 10.1. The van der Waals surface area contributed by atoms with E-state index >= 15 is 0 Å². The van der Waals surface area contributed by atoms with Gasteiger partial charge in [0.25, 0.3) is 0 Å². The van der Waals surface area contributed by atoms with Crippen molar-refractivity contribution < 1.29 is 0 Å². The van der Waals surface area contributed by atoms with E-state index in [1.54, 1.807) is 0 Å². The molecule has 0 amide bonds. The number of rotatable bonds is 3. The highest BCUT2D eigenvalue weighted by Crippen LogP contribution is 2.22. The van der Waals surface area contributed by atoms with Crippen molar-refractivity contribution in [3.63, 3.8) is 0 Å². The van der Waals surface area contributed by atoms with Crippen LogP contribution in [0.15, 0.2) is 48.5 Å². The molecule has 2 aromatic carbocycles. The summed E-state index contributed by atoms with van der Waals surface area (Å²) in [6.07, 6.45) is 0. The Morgan fingerprint density at radius 3 is 2.44 bits per heavy atom. The first-order valence-electron chi connectivity index (χ1n) is 6.03. The summed E-state index contributed by atoms with van der Waals surface area (Å²) < 4.78 is 0.